The monoisotopic (exact) mass is 619 g/mol. The number of hydrogen-bond acceptors (Lipinski definition) is 7. The highest BCUT2D eigenvalue weighted by molar-refractivity contribution is 6.53. The quantitative estimate of drug-likeness (QED) is 0.148. The molecule has 1 N–H and O–H groups in total. The number of non-ortho nitro benzene ring substituents is 1. The van der Waals surface area contributed by atoms with Crippen molar-refractivity contribution in [2.24, 2.45) is 17.8 Å². The molecule has 1 saturated carbocycles. The van der Waals surface area contributed by atoms with E-state index in [9.17, 15) is 34.4 Å². The number of benzene rings is 3. The Bertz CT molecular complexity index is 1840. The number of rotatable bonds is 3. The van der Waals surface area contributed by atoms with Crippen molar-refractivity contribution in [2.75, 3.05) is 11.9 Å². The fourth-order valence-corrected chi connectivity index (χ4v) is 8.64. The first-order chi connectivity index (χ1) is 20.4. The highest BCUT2D eigenvalue weighted by Crippen LogP contribution is 2.66. The summed E-state index contributed by atoms with van der Waals surface area (Å²) in [5, 5.41) is 22.9. The molecular formula is C31H23Cl2N3O7. The van der Waals surface area contributed by atoms with E-state index in [1.165, 1.54) is 37.4 Å². The van der Waals surface area contributed by atoms with E-state index < -0.39 is 62.0 Å². The van der Waals surface area contributed by atoms with E-state index in [2.05, 4.69) is 0 Å². The smallest absolute Gasteiger partial charge is 0.269 e. The van der Waals surface area contributed by atoms with E-state index >= 15 is 0 Å². The van der Waals surface area contributed by atoms with Crippen LogP contribution in [0.5, 0.6) is 5.75 Å². The summed E-state index contributed by atoms with van der Waals surface area (Å²) < 4.78 is 0. The van der Waals surface area contributed by atoms with Gasteiger partial charge in [0.2, 0.25) is 11.8 Å². The van der Waals surface area contributed by atoms with Gasteiger partial charge in [0.1, 0.15) is 5.75 Å². The Balaban J connectivity index is 1.40. The highest BCUT2D eigenvalue weighted by atomic mass is 35.5. The number of halogens is 2. The number of amides is 4. The van der Waals surface area contributed by atoms with E-state index in [-0.39, 0.29) is 30.0 Å². The zero-order valence-corrected chi connectivity index (χ0v) is 24.1. The summed E-state index contributed by atoms with van der Waals surface area (Å²) in [6.45, 7) is 0. The standard InChI is InChI=1S/C31H23Cl2N3O7/c1-34-28(40)30(32)14-22-20(25(31(30,33)29(34)41)19-12-13-23(37)18-5-3-2-4-17(18)19)10-11-21-24(22)27(39)35(26(21)38)15-6-8-16(9-7-15)36(42)43/h2-10,12-13,21-22,24-25,37H,11,14H2,1H3/t21-,22+,24-,25-,30+,31-/m0/s1. The number of phenolic OH excluding ortho intramolecular Hbond substituents is 1. The number of anilines is 1. The second-order valence-corrected chi connectivity index (χ2v) is 12.7. The van der Waals surface area contributed by atoms with E-state index in [1.807, 2.05) is 6.08 Å². The topological polar surface area (TPSA) is 138 Å². The zero-order valence-electron chi connectivity index (χ0n) is 22.6. The second-order valence-electron chi connectivity index (χ2n) is 11.5. The summed E-state index contributed by atoms with van der Waals surface area (Å²) in [6, 6.07) is 15.3. The minimum absolute atomic E-state index is 0.0198. The summed E-state index contributed by atoms with van der Waals surface area (Å²) in [4.78, 5) is 63.9. The number of hydrogen-bond donors (Lipinski definition) is 1. The molecule has 2 saturated heterocycles. The molecular weight excluding hydrogens is 597 g/mol. The van der Waals surface area contributed by atoms with Gasteiger partial charge in [-0.3, -0.25) is 39.1 Å². The van der Waals surface area contributed by atoms with Gasteiger partial charge < -0.3 is 5.11 Å². The molecule has 3 fully saturated rings. The van der Waals surface area contributed by atoms with Crippen molar-refractivity contribution in [3.05, 3.63) is 88.0 Å². The molecule has 6 atom stereocenters. The molecule has 2 aliphatic carbocycles. The molecule has 218 valence electrons. The molecule has 3 aromatic rings. The molecule has 0 bridgehead atoms. The lowest BCUT2D eigenvalue weighted by Gasteiger charge is -2.51. The van der Waals surface area contributed by atoms with Gasteiger partial charge in [-0.1, -0.05) is 42.0 Å². The van der Waals surface area contributed by atoms with Crippen LogP contribution in [0.25, 0.3) is 10.8 Å². The molecule has 0 unspecified atom stereocenters. The summed E-state index contributed by atoms with van der Waals surface area (Å²) in [5.74, 6) is -5.65. The Labute approximate surface area is 254 Å². The number of alkyl halides is 2. The molecule has 43 heavy (non-hydrogen) atoms. The number of nitro benzene ring substituents is 1. The summed E-state index contributed by atoms with van der Waals surface area (Å²) in [7, 11) is 1.32. The number of carbonyl (C=O) groups excluding carboxylic acids is 4. The largest absolute Gasteiger partial charge is 0.507 e. The fraction of sp³-hybridized carbons (Fsp3) is 0.290. The first kappa shape index (κ1) is 27.5. The maximum Gasteiger partial charge on any atom is 0.269 e. The van der Waals surface area contributed by atoms with Gasteiger partial charge in [0, 0.05) is 30.5 Å². The lowest BCUT2D eigenvalue weighted by atomic mass is 9.56. The molecule has 7 rings (SSSR count). The molecule has 2 aliphatic heterocycles. The minimum Gasteiger partial charge on any atom is -0.507 e. The lowest BCUT2D eigenvalue weighted by molar-refractivity contribution is -0.384. The van der Waals surface area contributed by atoms with Crippen LogP contribution in [-0.2, 0) is 19.2 Å². The molecule has 10 nitrogen and oxygen atoms in total. The van der Waals surface area contributed by atoms with Crippen molar-refractivity contribution in [3.8, 4) is 5.75 Å². The maximum absolute atomic E-state index is 14.1. The van der Waals surface area contributed by atoms with Crippen molar-refractivity contribution in [1.82, 2.24) is 4.90 Å². The number of aromatic hydroxyl groups is 1. The number of likely N-dealkylation sites (tertiary alicyclic amines) is 1. The van der Waals surface area contributed by atoms with Gasteiger partial charge in [-0.05, 0) is 47.9 Å². The summed E-state index contributed by atoms with van der Waals surface area (Å²) in [6.07, 6.45) is 1.86. The fourth-order valence-electron chi connectivity index (χ4n) is 7.63. The van der Waals surface area contributed by atoms with Gasteiger partial charge in [0.05, 0.1) is 22.4 Å². The molecule has 3 aromatic carbocycles. The van der Waals surface area contributed by atoms with Crippen LogP contribution >= 0.6 is 23.2 Å². The van der Waals surface area contributed by atoms with Gasteiger partial charge in [-0.15, -0.1) is 23.2 Å². The van der Waals surface area contributed by atoms with Crippen molar-refractivity contribution in [3.63, 3.8) is 0 Å². The Kier molecular flexibility index (Phi) is 5.84. The van der Waals surface area contributed by atoms with E-state index in [1.54, 1.807) is 30.3 Å². The summed E-state index contributed by atoms with van der Waals surface area (Å²) >= 11 is 14.5. The highest BCUT2D eigenvalue weighted by Gasteiger charge is 2.76. The lowest BCUT2D eigenvalue weighted by Crippen LogP contribution is -2.60. The van der Waals surface area contributed by atoms with Crippen molar-refractivity contribution >= 4 is 69.0 Å². The predicted molar refractivity (Wildman–Crippen MR) is 157 cm³/mol. The first-order valence-corrected chi connectivity index (χ1v) is 14.4. The number of fused-ring (bicyclic) bond motifs is 5. The molecule has 0 spiro atoms. The SMILES string of the molecule is CN1C(=O)[C@]2(Cl)C[C@@H]3C(=CC[C@@H]4C(=O)N(c5ccc([N+](=O)[O-])cc5)C(=O)[C@@H]43)[C@H](c3ccc(O)c4ccccc34)[C@]2(Cl)C1=O. The number of imide groups is 2. The van der Waals surface area contributed by atoms with Crippen molar-refractivity contribution < 1.29 is 29.2 Å². The number of phenols is 1. The minimum atomic E-state index is -1.95. The van der Waals surface area contributed by atoms with E-state index in [4.69, 9.17) is 23.2 Å². The molecule has 12 heteroatoms. The van der Waals surface area contributed by atoms with Crippen molar-refractivity contribution in [1.29, 1.82) is 0 Å². The molecule has 4 amide bonds. The van der Waals surface area contributed by atoms with Crippen LogP contribution < -0.4 is 4.90 Å². The van der Waals surface area contributed by atoms with Gasteiger partial charge in [0.25, 0.3) is 17.5 Å². The second kappa shape index (κ2) is 9.11. The van der Waals surface area contributed by atoms with Crippen LogP contribution in [0.3, 0.4) is 0 Å². The Morgan fingerprint density at radius 2 is 1.58 bits per heavy atom. The van der Waals surface area contributed by atoms with Gasteiger partial charge in [-0.2, -0.15) is 0 Å². The van der Waals surface area contributed by atoms with Gasteiger partial charge in [0.15, 0.2) is 9.75 Å². The Morgan fingerprint density at radius 3 is 2.26 bits per heavy atom. The predicted octanol–water partition coefficient (Wildman–Crippen LogP) is 4.65. The molecule has 4 aliphatic rings. The molecule has 2 heterocycles. The van der Waals surface area contributed by atoms with Crippen molar-refractivity contribution in [2.45, 2.75) is 28.5 Å². The first-order valence-electron chi connectivity index (χ1n) is 13.6. The van der Waals surface area contributed by atoms with Gasteiger partial charge >= 0.3 is 0 Å². The van der Waals surface area contributed by atoms with E-state index in [0.717, 1.165) is 9.80 Å². The van der Waals surface area contributed by atoms with Gasteiger partial charge in [-0.25, -0.2) is 0 Å². The molecule has 0 aromatic heterocycles. The van der Waals surface area contributed by atoms with Crippen LogP contribution in [-0.4, -0.2) is 55.4 Å². The number of nitrogens with zero attached hydrogens (tertiary/aromatic N) is 3. The van der Waals surface area contributed by atoms with Crippen LogP contribution in [0.15, 0.2) is 72.3 Å². The molecule has 0 radical (unpaired) electrons. The zero-order chi connectivity index (χ0) is 30.6. The third-order valence-electron chi connectivity index (χ3n) is 9.58. The van der Waals surface area contributed by atoms with Crippen LogP contribution in [0, 0.1) is 27.9 Å². The third-order valence-corrected chi connectivity index (χ3v) is 11.0. The Hall–Kier alpha value is -4.28. The third kappa shape index (κ3) is 3.41. The number of allylic oxidation sites excluding steroid dienone is 2. The van der Waals surface area contributed by atoms with Crippen LogP contribution in [0.2, 0.25) is 0 Å². The normalized spacial score (nSPS) is 31.7. The number of carbonyl (C=O) groups is 4. The average Bonchev–Trinajstić information content (AvgIpc) is 3.33. The summed E-state index contributed by atoms with van der Waals surface area (Å²) in [5.41, 5.74) is 1.21. The Morgan fingerprint density at radius 1 is 0.907 bits per heavy atom. The maximum atomic E-state index is 14.1. The van der Waals surface area contributed by atoms with Crippen LogP contribution in [0.1, 0.15) is 24.3 Å². The average molecular weight is 620 g/mol. The van der Waals surface area contributed by atoms with E-state index in [0.29, 0.717) is 21.9 Å². The van der Waals surface area contributed by atoms with Crippen LogP contribution in [0.4, 0.5) is 11.4 Å². The number of nitro groups is 1.